The molecule has 2 aliphatic rings. The molecule has 0 unspecified atom stereocenters. The zero-order valence-electron chi connectivity index (χ0n) is 13.8. The van der Waals surface area contributed by atoms with Gasteiger partial charge in [0.05, 0.1) is 10.6 Å². The van der Waals surface area contributed by atoms with Gasteiger partial charge in [-0.2, -0.15) is 0 Å². The first kappa shape index (κ1) is 16.8. The molecule has 0 radical (unpaired) electrons. The van der Waals surface area contributed by atoms with Crippen molar-refractivity contribution < 1.29 is 9.90 Å². The number of carboxylic acids is 1. The van der Waals surface area contributed by atoms with Gasteiger partial charge in [0.2, 0.25) is 0 Å². The van der Waals surface area contributed by atoms with Gasteiger partial charge in [-0.15, -0.1) is 0 Å². The van der Waals surface area contributed by atoms with Gasteiger partial charge in [0.25, 0.3) is 0 Å². The van der Waals surface area contributed by atoms with Crippen LogP contribution in [0.2, 0.25) is 0 Å². The molecule has 128 valence electrons. The van der Waals surface area contributed by atoms with Crippen molar-refractivity contribution in [1.29, 1.82) is 0 Å². The number of thioether (sulfide) groups is 1. The van der Waals surface area contributed by atoms with Crippen LogP contribution in [0.15, 0.2) is 26.9 Å². The Bertz CT molecular complexity index is 742. The summed E-state index contributed by atoms with van der Waals surface area (Å²) >= 11 is 1.57. The molecule has 0 saturated carbocycles. The number of rotatable bonds is 4. The topological polar surface area (TPSA) is 113 Å². The van der Waals surface area contributed by atoms with Crippen LogP contribution in [0.3, 0.4) is 0 Å². The Morgan fingerprint density at radius 1 is 1.46 bits per heavy atom. The Hall–Kier alpha value is -2.09. The number of anilines is 2. The smallest absolute Gasteiger partial charge is 0.303 e. The van der Waals surface area contributed by atoms with Crippen LogP contribution < -0.4 is 11.1 Å². The fourth-order valence-corrected chi connectivity index (χ4v) is 4.00. The SMILES string of the molecule is CC1(C)CC(=NCCCC(=O)O)C2=C(C1)Nc1c(N)ncnc1S2. The van der Waals surface area contributed by atoms with Gasteiger partial charge in [0, 0.05) is 18.7 Å². The van der Waals surface area contributed by atoms with Crippen molar-refractivity contribution in [2.24, 2.45) is 10.4 Å². The second-order valence-corrected chi connectivity index (χ2v) is 7.82. The molecule has 0 fully saturated rings. The second kappa shape index (κ2) is 6.43. The van der Waals surface area contributed by atoms with E-state index in [-0.39, 0.29) is 11.8 Å². The molecule has 7 nitrogen and oxygen atoms in total. The number of nitrogens with zero attached hydrogens (tertiary/aromatic N) is 3. The van der Waals surface area contributed by atoms with E-state index in [0.29, 0.717) is 18.8 Å². The van der Waals surface area contributed by atoms with Crippen molar-refractivity contribution in [2.45, 2.75) is 44.6 Å². The molecule has 24 heavy (non-hydrogen) atoms. The molecule has 0 saturated heterocycles. The third-order valence-electron chi connectivity index (χ3n) is 4.01. The number of carbonyl (C=O) groups is 1. The van der Waals surface area contributed by atoms with Gasteiger partial charge in [0.15, 0.2) is 5.82 Å². The van der Waals surface area contributed by atoms with E-state index in [1.54, 1.807) is 11.8 Å². The van der Waals surface area contributed by atoms with Crippen molar-refractivity contribution in [1.82, 2.24) is 9.97 Å². The number of hydrogen-bond donors (Lipinski definition) is 3. The lowest BCUT2D eigenvalue weighted by atomic mass is 9.78. The first-order valence-corrected chi connectivity index (χ1v) is 8.71. The monoisotopic (exact) mass is 347 g/mol. The van der Waals surface area contributed by atoms with Crippen LogP contribution in [0.5, 0.6) is 0 Å². The fraction of sp³-hybridized carbons (Fsp3) is 0.500. The Labute approximate surface area is 144 Å². The molecule has 1 aliphatic heterocycles. The summed E-state index contributed by atoms with van der Waals surface area (Å²) in [6.45, 7) is 4.93. The van der Waals surface area contributed by atoms with Gasteiger partial charge in [0.1, 0.15) is 17.0 Å². The van der Waals surface area contributed by atoms with Crippen molar-refractivity contribution in [3.05, 3.63) is 16.9 Å². The van der Waals surface area contributed by atoms with Crippen LogP contribution in [0.1, 0.15) is 39.5 Å². The van der Waals surface area contributed by atoms with Crippen molar-refractivity contribution in [3.63, 3.8) is 0 Å². The highest BCUT2D eigenvalue weighted by Crippen LogP contribution is 2.48. The molecule has 2 heterocycles. The van der Waals surface area contributed by atoms with Gasteiger partial charge in [-0.05, 0) is 24.7 Å². The number of aliphatic carboxylic acids is 1. The summed E-state index contributed by atoms with van der Waals surface area (Å²) in [6, 6.07) is 0. The Morgan fingerprint density at radius 3 is 3.00 bits per heavy atom. The molecule has 3 rings (SSSR count). The Kier molecular flexibility index (Phi) is 4.49. The minimum atomic E-state index is -0.783. The highest BCUT2D eigenvalue weighted by Gasteiger charge is 2.35. The number of nitrogens with one attached hydrogen (secondary N) is 1. The average molecular weight is 347 g/mol. The third kappa shape index (κ3) is 3.53. The molecule has 0 bridgehead atoms. The zero-order chi connectivity index (χ0) is 17.3. The summed E-state index contributed by atoms with van der Waals surface area (Å²) in [6.07, 6.45) is 3.92. The molecule has 1 aliphatic carbocycles. The first-order chi connectivity index (χ1) is 11.4. The van der Waals surface area contributed by atoms with Gasteiger partial charge < -0.3 is 16.2 Å². The normalized spacial score (nSPS) is 20.3. The van der Waals surface area contributed by atoms with E-state index >= 15 is 0 Å². The van der Waals surface area contributed by atoms with Crippen LogP contribution in [-0.4, -0.2) is 33.3 Å². The first-order valence-electron chi connectivity index (χ1n) is 7.90. The summed E-state index contributed by atoms with van der Waals surface area (Å²) < 4.78 is 0. The fourth-order valence-electron chi connectivity index (χ4n) is 2.95. The van der Waals surface area contributed by atoms with E-state index in [2.05, 4.69) is 29.1 Å². The molecule has 0 atom stereocenters. The Morgan fingerprint density at radius 2 is 2.25 bits per heavy atom. The van der Waals surface area contributed by atoms with E-state index in [1.807, 2.05) is 0 Å². The number of hydrogen-bond acceptors (Lipinski definition) is 7. The maximum absolute atomic E-state index is 10.7. The quantitative estimate of drug-likeness (QED) is 0.567. The minimum absolute atomic E-state index is 0.0833. The van der Waals surface area contributed by atoms with Crippen LogP contribution in [0, 0.1) is 5.41 Å². The zero-order valence-corrected chi connectivity index (χ0v) is 14.6. The molecule has 0 spiro atoms. The molecule has 0 aromatic carbocycles. The van der Waals surface area contributed by atoms with Crippen LogP contribution in [-0.2, 0) is 4.79 Å². The standard InChI is InChI=1S/C16H21N5O2S/c1-16(2)6-9(18-5-3-4-11(22)23)13-10(7-16)21-12-14(17)19-8-20-15(12)24-13/h8,21H,3-7H2,1-2H3,(H,22,23)(H2,17,19,20). The highest BCUT2D eigenvalue weighted by atomic mass is 32.2. The summed E-state index contributed by atoms with van der Waals surface area (Å²) in [5, 5.41) is 13.0. The number of aliphatic imine (C=N–C) groups is 1. The van der Waals surface area contributed by atoms with Crippen LogP contribution in [0.25, 0.3) is 0 Å². The predicted molar refractivity (Wildman–Crippen MR) is 95.1 cm³/mol. The van der Waals surface area contributed by atoms with E-state index in [1.165, 1.54) is 6.33 Å². The lowest BCUT2D eigenvalue weighted by molar-refractivity contribution is -0.137. The summed E-state index contributed by atoms with van der Waals surface area (Å²) in [4.78, 5) is 24.8. The van der Waals surface area contributed by atoms with E-state index in [9.17, 15) is 4.79 Å². The van der Waals surface area contributed by atoms with Crippen molar-refractivity contribution in [3.8, 4) is 0 Å². The van der Waals surface area contributed by atoms with E-state index in [0.717, 1.165) is 39.9 Å². The summed E-state index contributed by atoms with van der Waals surface area (Å²) in [5.74, 6) is -0.337. The van der Waals surface area contributed by atoms with Gasteiger partial charge in [-0.1, -0.05) is 25.6 Å². The number of nitrogens with two attached hydrogens (primary N) is 1. The van der Waals surface area contributed by atoms with Crippen LogP contribution >= 0.6 is 11.8 Å². The predicted octanol–water partition coefficient (Wildman–Crippen LogP) is 2.91. The molecule has 4 N–H and O–H groups in total. The number of fused-ring (bicyclic) bond motifs is 1. The Balaban J connectivity index is 1.87. The van der Waals surface area contributed by atoms with Gasteiger partial charge >= 0.3 is 5.97 Å². The lowest BCUT2D eigenvalue weighted by Gasteiger charge is -2.36. The molecular formula is C16H21N5O2S. The second-order valence-electron chi connectivity index (χ2n) is 6.82. The van der Waals surface area contributed by atoms with Gasteiger partial charge in [-0.3, -0.25) is 9.79 Å². The lowest BCUT2D eigenvalue weighted by Crippen LogP contribution is -2.30. The molecular weight excluding hydrogens is 326 g/mol. The van der Waals surface area contributed by atoms with E-state index < -0.39 is 5.97 Å². The number of carboxylic acid groups (broad SMARTS) is 1. The largest absolute Gasteiger partial charge is 0.481 e. The average Bonchev–Trinajstić information content (AvgIpc) is 2.49. The van der Waals surface area contributed by atoms with Crippen molar-refractivity contribution >= 4 is 34.9 Å². The number of nitrogen functional groups attached to an aromatic ring is 1. The minimum Gasteiger partial charge on any atom is -0.481 e. The maximum Gasteiger partial charge on any atom is 0.303 e. The molecule has 1 aromatic heterocycles. The maximum atomic E-state index is 10.7. The molecule has 8 heteroatoms. The van der Waals surface area contributed by atoms with Crippen LogP contribution in [0.4, 0.5) is 11.5 Å². The summed E-state index contributed by atoms with van der Waals surface area (Å²) in [5.41, 5.74) is 8.93. The highest BCUT2D eigenvalue weighted by molar-refractivity contribution is 8.04. The molecule has 0 amide bonds. The number of allylic oxidation sites excluding steroid dienone is 2. The molecule has 1 aromatic rings. The summed E-state index contributed by atoms with van der Waals surface area (Å²) in [7, 11) is 0. The third-order valence-corrected chi connectivity index (χ3v) is 5.19. The number of aromatic nitrogens is 2. The van der Waals surface area contributed by atoms with Crippen molar-refractivity contribution in [2.75, 3.05) is 17.6 Å². The van der Waals surface area contributed by atoms with Gasteiger partial charge in [-0.25, -0.2) is 9.97 Å². The van der Waals surface area contributed by atoms with E-state index in [4.69, 9.17) is 15.8 Å².